The van der Waals surface area contributed by atoms with E-state index in [2.05, 4.69) is 15.6 Å². The molecule has 7 heteroatoms. The van der Waals surface area contributed by atoms with Crippen LogP contribution in [0.3, 0.4) is 0 Å². The zero-order chi connectivity index (χ0) is 28.7. The predicted octanol–water partition coefficient (Wildman–Crippen LogP) is 7.83. The Hall–Kier alpha value is -5.07. The van der Waals surface area contributed by atoms with Crippen molar-refractivity contribution in [1.82, 2.24) is 10.3 Å². The molecule has 0 saturated heterocycles. The molecular weight excluding hydrogens is 546 g/mol. The summed E-state index contributed by atoms with van der Waals surface area (Å²) in [6.07, 6.45) is 0.562. The van der Waals surface area contributed by atoms with Gasteiger partial charge < -0.3 is 20.1 Å². The molecule has 1 aliphatic carbocycles. The summed E-state index contributed by atoms with van der Waals surface area (Å²) in [5.74, 6) is 1.65. The topological polar surface area (TPSA) is 72.5 Å². The molecule has 0 fully saturated rings. The van der Waals surface area contributed by atoms with Crippen LogP contribution in [0.4, 0.5) is 5.82 Å². The third-order valence-corrected chi connectivity index (χ3v) is 7.34. The van der Waals surface area contributed by atoms with Crippen molar-refractivity contribution in [3.05, 3.63) is 167 Å². The monoisotopic (exact) mass is 573 g/mol. The summed E-state index contributed by atoms with van der Waals surface area (Å²) in [6, 6.07) is 40.1. The molecule has 2 atom stereocenters. The maximum absolute atomic E-state index is 13.2. The number of fused-ring (bicyclic) bond motifs is 1. The molecule has 6 rings (SSSR count). The van der Waals surface area contributed by atoms with Crippen molar-refractivity contribution >= 4 is 23.3 Å². The number of aromatic nitrogens is 1. The molecule has 0 bridgehead atoms. The molecule has 6 nitrogen and oxygen atoms in total. The van der Waals surface area contributed by atoms with E-state index in [4.69, 9.17) is 21.1 Å². The number of carbonyl (C=O) groups excluding carboxylic acids is 1. The van der Waals surface area contributed by atoms with Gasteiger partial charge in [-0.3, -0.25) is 4.79 Å². The Morgan fingerprint density at radius 2 is 1.26 bits per heavy atom. The van der Waals surface area contributed by atoms with Gasteiger partial charge in [-0.25, -0.2) is 4.98 Å². The molecule has 208 valence electrons. The Bertz CT molecular complexity index is 1700. The summed E-state index contributed by atoms with van der Waals surface area (Å²) in [7, 11) is 0. The van der Waals surface area contributed by atoms with Gasteiger partial charge in [-0.05, 0) is 48.0 Å². The maximum atomic E-state index is 13.2. The van der Waals surface area contributed by atoms with Gasteiger partial charge in [0, 0.05) is 29.4 Å². The number of nitrogens with zero attached hydrogens (tertiary/aromatic N) is 1. The second kappa shape index (κ2) is 12.6. The van der Waals surface area contributed by atoms with Crippen LogP contribution in [0.1, 0.15) is 39.3 Å². The summed E-state index contributed by atoms with van der Waals surface area (Å²) in [6.45, 7) is 0.326. The average molecular weight is 574 g/mol. The molecule has 0 aliphatic heterocycles. The van der Waals surface area contributed by atoms with E-state index in [1.807, 2.05) is 109 Å². The fourth-order valence-corrected chi connectivity index (χ4v) is 5.27. The Kier molecular flexibility index (Phi) is 8.15. The molecule has 42 heavy (non-hydrogen) atoms. The van der Waals surface area contributed by atoms with Gasteiger partial charge in [0.15, 0.2) is 12.2 Å². The van der Waals surface area contributed by atoms with E-state index < -0.39 is 12.2 Å². The maximum Gasteiger partial charge on any atom is 0.257 e. The molecule has 1 aromatic heterocycles. The lowest BCUT2D eigenvalue weighted by Gasteiger charge is -2.34. The van der Waals surface area contributed by atoms with E-state index in [1.54, 1.807) is 24.4 Å². The van der Waals surface area contributed by atoms with E-state index in [0.29, 0.717) is 40.2 Å². The van der Waals surface area contributed by atoms with E-state index in [-0.39, 0.29) is 5.91 Å². The number of ether oxygens (including phenoxy) is 2. The number of anilines is 1. The first kappa shape index (κ1) is 27.1. The lowest BCUT2D eigenvalue weighted by atomic mass is 9.89. The minimum atomic E-state index is -0.550. The lowest BCUT2D eigenvalue weighted by molar-refractivity contribution is 0.102. The third kappa shape index (κ3) is 5.99. The van der Waals surface area contributed by atoms with E-state index in [0.717, 1.165) is 16.7 Å². The number of halogens is 1. The highest BCUT2D eigenvalue weighted by Gasteiger charge is 2.36. The smallest absolute Gasteiger partial charge is 0.257 e. The van der Waals surface area contributed by atoms with Gasteiger partial charge in [-0.1, -0.05) is 96.5 Å². The summed E-state index contributed by atoms with van der Waals surface area (Å²) < 4.78 is 13.0. The number of carbonyl (C=O) groups is 1. The van der Waals surface area contributed by atoms with Gasteiger partial charge in [-0.2, -0.15) is 0 Å². The van der Waals surface area contributed by atoms with Crippen LogP contribution < -0.4 is 20.1 Å². The van der Waals surface area contributed by atoms with Crippen LogP contribution in [0, 0.1) is 0 Å². The Balaban J connectivity index is 1.35. The third-order valence-electron chi connectivity index (χ3n) is 6.94. The van der Waals surface area contributed by atoms with Crippen molar-refractivity contribution in [1.29, 1.82) is 0 Å². The molecule has 1 aliphatic rings. The predicted molar refractivity (Wildman–Crippen MR) is 164 cm³/mol. The highest BCUT2D eigenvalue weighted by Crippen LogP contribution is 2.45. The van der Waals surface area contributed by atoms with Crippen LogP contribution in [0.25, 0.3) is 0 Å². The lowest BCUT2D eigenvalue weighted by Crippen LogP contribution is -2.31. The molecule has 0 radical (unpaired) electrons. The van der Waals surface area contributed by atoms with Crippen molar-refractivity contribution in [2.45, 2.75) is 18.8 Å². The van der Waals surface area contributed by atoms with Crippen LogP contribution in [0.15, 0.2) is 144 Å². The van der Waals surface area contributed by atoms with Gasteiger partial charge in [-0.15, -0.1) is 0 Å². The van der Waals surface area contributed by atoms with Crippen LogP contribution in [-0.4, -0.2) is 10.9 Å². The molecule has 4 aromatic carbocycles. The van der Waals surface area contributed by atoms with Crippen LogP contribution >= 0.6 is 11.6 Å². The Morgan fingerprint density at radius 3 is 1.93 bits per heavy atom. The van der Waals surface area contributed by atoms with Gasteiger partial charge >= 0.3 is 0 Å². The van der Waals surface area contributed by atoms with Crippen molar-refractivity contribution in [2.24, 2.45) is 0 Å². The molecule has 0 spiro atoms. The highest BCUT2D eigenvalue weighted by molar-refractivity contribution is 6.30. The molecule has 2 N–H and O–H groups in total. The first-order chi connectivity index (χ1) is 20.7. The van der Waals surface area contributed by atoms with E-state index in [1.165, 1.54) is 0 Å². The van der Waals surface area contributed by atoms with Gasteiger partial charge in [0.2, 0.25) is 0 Å². The number of rotatable bonds is 9. The second-order valence-electron chi connectivity index (χ2n) is 9.69. The molecule has 1 amide bonds. The Labute approximate surface area is 249 Å². The first-order valence-corrected chi connectivity index (χ1v) is 14.0. The number of para-hydroxylation sites is 2. The van der Waals surface area contributed by atoms with Crippen molar-refractivity contribution in [3.8, 4) is 11.5 Å². The summed E-state index contributed by atoms with van der Waals surface area (Å²) in [4.78, 5) is 17.4. The number of benzene rings is 4. The summed E-state index contributed by atoms with van der Waals surface area (Å²) in [5.41, 5.74) is 3.85. The van der Waals surface area contributed by atoms with Crippen LogP contribution in [-0.2, 0) is 6.54 Å². The largest absolute Gasteiger partial charge is 0.480 e. The number of amides is 1. The second-order valence-corrected chi connectivity index (χ2v) is 10.1. The van der Waals surface area contributed by atoms with Gasteiger partial charge in [0.05, 0.1) is 10.7 Å². The van der Waals surface area contributed by atoms with Crippen molar-refractivity contribution in [3.63, 3.8) is 0 Å². The van der Waals surface area contributed by atoms with Crippen LogP contribution in [0.5, 0.6) is 11.5 Å². The summed E-state index contributed by atoms with van der Waals surface area (Å²) in [5, 5.41) is 6.87. The zero-order valence-corrected chi connectivity index (χ0v) is 23.4. The standard InChI is InChI=1S/C35H28ClN3O3/c36-31-32(38-23-24-13-7-8-18-27(24)35(40)39-30-21-11-12-22-37-30)34(42-26-16-5-2-6-17-26)29-20-10-9-19-28(29)33(31)41-25-14-3-1-4-15-25/h1-22,33-34,38H,23H2,(H,37,39,40). The molecule has 2 unspecified atom stereocenters. The number of hydrogen-bond donors (Lipinski definition) is 2. The quantitative estimate of drug-likeness (QED) is 0.188. The fourth-order valence-electron chi connectivity index (χ4n) is 4.94. The van der Waals surface area contributed by atoms with E-state index >= 15 is 0 Å². The minimum absolute atomic E-state index is 0.248. The van der Waals surface area contributed by atoms with Crippen LogP contribution in [0.2, 0.25) is 0 Å². The number of pyridine rings is 1. The number of hydrogen-bond acceptors (Lipinski definition) is 5. The van der Waals surface area contributed by atoms with Gasteiger partial charge in [0.25, 0.3) is 5.91 Å². The first-order valence-electron chi connectivity index (χ1n) is 13.6. The molecule has 5 aromatic rings. The Morgan fingerprint density at radius 1 is 0.690 bits per heavy atom. The SMILES string of the molecule is O=C(Nc1ccccn1)c1ccccc1CNC1=C(Cl)C(Oc2ccccc2)c2ccccc2C1Oc1ccccc1. The van der Waals surface area contributed by atoms with E-state index in [9.17, 15) is 4.79 Å². The minimum Gasteiger partial charge on any atom is -0.480 e. The normalized spacial score (nSPS) is 15.8. The highest BCUT2D eigenvalue weighted by atomic mass is 35.5. The fraction of sp³-hybridized carbons (Fsp3) is 0.0857. The van der Waals surface area contributed by atoms with Crippen molar-refractivity contribution < 1.29 is 14.3 Å². The molecule has 0 saturated carbocycles. The van der Waals surface area contributed by atoms with Gasteiger partial charge in [0.1, 0.15) is 17.3 Å². The molecule has 1 heterocycles. The van der Waals surface area contributed by atoms with Crippen molar-refractivity contribution in [2.75, 3.05) is 5.32 Å². The zero-order valence-electron chi connectivity index (χ0n) is 22.6. The molecular formula is C35H28ClN3O3. The average Bonchev–Trinajstić information content (AvgIpc) is 3.04. The number of nitrogens with one attached hydrogen (secondary N) is 2. The summed E-state index contributed by atoms with van der Waals surface area (Å²) >= 11 is 7.19.